The van der Waals surface area contributed by atoms with Crippen molar-refractivity contribution >= 4 is 34.2 Å². The van der Waals surface area contributed by atoms with E-state index in [-0.39, 0.29) is 11.2 Å². The van der Waals surface area contributed by atoms with Gasteiger partial charge in [-0.15, -0.1) is 0 Å². The maximum atomic E-state index is 12.6. The molecule has 2 aliphatic rings. The molecule has 0 bridgehead atoms. The fourth-order valence-corrected chi connectivity index (χ4v) is 4.78. The molecule has 2 rings (SSSR count). The van der Waals surface area contributed by atoms with Crippen molar-refractivity contribution in [2.75, 3.05) is 26.2 Å². The molecule has 0 saturated carbocycles. The quantitative estimate of drug-likeness (QED) is 0.731. The molecule has 0 N–H and O–H groups in total. The van der Waals surface area contributed by atoms with E-state index < -0.39 is 0 Å². The summed E-state index contributed by atoms with van der Waals surface area (Å²) in [6.07, 6.45) is 3.69. The molecule has 1 amide bonds. The highest BCUT2D eigenvalue weighted by atomic mass is 32.2. The Kier molecular flexibility index (Phi) is 5.73. The normalized spacial score (nSPS) is 28.6. The summed E-state index contributed by atoms with van der Waals surface area (Å²) in [4.78, 5) is 16.9. The predicted octanol–water partition coefficient (Wildman–Crippen LogP) is 2.99. The van der Waals surface area contributed by atoms with Crippen molar-refractivity contribution in [3.05, 3.63) is 0 Å². The van der Waals surface area contributed by atoms with E-state index in [4.69, 9.17) is 12.2 Å². The number of thiocarbonyl (C=S) groups is 1. The van der Waals surface area contributed by atoms with E-state index in [1.807, 2.05) is 11.8 Å². The third-order valence-electron chi connectivity index (χ3n) is 4.17. The summed E-state index contributed by atoms with van der Waals surface area (Å²) in [6.45, 7) is 10.4. The molecule has 0 aliphatic carbocycles. The molecular weight excluding hydrogens is 288 g/mol. The summed E-state index contributed by atoms with van der Waals surface area (Å²) in [5.74, 6) is 1.49. The van der Waals surface area contributed by atoms with Crippen molar-refractivity contribution in [2.45, 2.75) is 45.3 Å². The maximum absolute atomic E-state index is 12.6. The van der Waals surface area contributed by atoms with E-state index in [0.29, 0.717) is 11.8 Å². The molecule has 0 aromatic rings. The second kappa shape index (κ2) is 7.12. The smallest absolute Gasteiger partial charge is 0.235 e. The van der Waals surface area contributed by atoms with Crippen LogP contribution >= 0.6 is 24.0 Å². The Labute approximate surface area is 132 Å². The summed E-state index contributed by atoms with van der Waals surface area (Å²) in [7, 11) is 0. The van der Waals surface area contributed by atoms with Crippen LogP contribution in [0.25, 0.3) is 0 Å². The largest absolute Gasteiger partial charge is 0.358 e. The summed E-state index contributed by atoms with van der Waals surface area (Å²) in [6, 6.07) is 0. The van der Waals surface area contributed by atoms with Gasteiger partial charge in [0.2, 0.25) is 5.91 Å². The van der Waals surface area contributed by atoms with Crippen molar-refractivity contribution in [2.24, 2.45) is 11.8 Å². The highest BCUT2D eigenvalue weighted by Gasteiger charge is 2.29. The van der Waals surface area contributed by atoms with Gasteiger partial charge in [-0.3, -0.25) is 4.79 Å². The first-order valence-electron chi connectivity index (χ1n) is 7.71. The zero-order valence-electron chi connectivity index (χ0n) is 12.8. The van der Waals surface area contributed by atoms with Crippen molar-refractivity contribution in [3.8, 4) is 0 Å². The third kappa shape index (κ3) is 4.10. The lowest BCUT2D eigenvalue weighted by Crippen LogP contribution is -2.46. The zero-order valence-corrected chi connectivity index (χ0v) is 14.4. The van der Waals surface area contributed by atoms with Crippen LogP contribution in [0.3, 0.4) is 0 Å². The molecule has 3 atom stereocenters. The first-order chi connectivity index (χ1) is 9.47. The molecule has 2 aliphatic heterocycles. The van der Waals surface area contributed by atoms with Crippen LogP contribution in [0.2, 0.25) is 0 Å². The Morgan fingerprint density at radius 1 is 1.15 bits per heavy atom. The maximum Gasteiger partial charge on any atom is 0.235 e. The van der Waals surface area contributed by atoms with Gasteiger partial charge in [-0.05, 0) is 38.0 Å². The Bertz CT molecular complexity index is 359. The zero-order chi connectivity index (χ0) is 14.7. The van der Waals surface area contributed by atoms with E-state index >= 15 is 0 Å². The van der Waals surface area contributed by atoms with Gasteiger partial charge in [0.15, 0.2) is 0 Å². The van der Waals surface area contributed by atoms with Gasteiger partial charge in [-0.25, -0.2) is 0 Å². The topological polar surface area (TPSA) is 23.6 Å². The molecule has 20 heavy (non-hydrogen) atoms. The SMILES string of the molecule is C[C@@H]1C[C@H](C)CN(C(=O)[C@H](C)SC(=S)N2CCCC2)C1. The van der Waals surface area contributed by atoms with Gasteiger partial charge in [0, 0.05) is 26.2 Å². The molecule has 2 heterocycles. The molecule has 0 aromatic carbocycles. The number of carbonyl (C=O) groups excluding carboxylic acids is 1. The summed E-state index contributed by atoms with van der Waals surface area (Å²) in [5.41, 5.74) is 0. The fourth-order valence-electron chi connectivity index (χ4n) is 3.28. The third-order valence-corrected chi connectivity index (χ3v) is 5.73. The summed E-state index contributed by atoms with van der Waals surface area (Å²) in [5, 5.41) is -0.0550. The Morgan fingerprint density at radius 3 is 2.25 bits per heavy atom. The first kappa shape index (κ1) is 16.1. The molecule has 114 valence electrons. The number of likely N-dealkylation sites (tertiary alicyclic amines) is 2. The van der Waals surface area contributed by atoms with Crippen LogP contribution < -0.4 is 0 Å². The predicted molar refractivity (Wildman–Crippen MR) is 90.0 cm³/mol. The minimum absolute atomic E-state index is 0.0550. The second-order valence-corrected chi connectivity index (χ2v) is 8.38. The lowest BCUT2D eigenvalue weighted by Gasteiger charge is -2.36. The lowest BCUT2D eigenvalue weighted by molar-refractivity contribution is -0.132. The minimum atomic E-state index is -0.0550. The van der Waals surface area contributed by atoms with Crippen molar-refractivity contribution in [1.29, 1.82) is 0 Å². The van der Waals surface area contributed by atoms with Gasteiger partial charge in [0.25, 0.3) is 0 Å². The van der Waals surface area contributed by atoms with Crippen molar-refractivity contribution in [3.63, 3.8) is 0 Å². The number of piperidine rings is 1. The Balaban J connectivity index is 1.86. The average Bonchev–Trinajstić information content (AvgIpc) is 2.90. The number of rotatable bonds is 2. The van der Waals surface area contributed by atoms with Gasteiger partial charge >= 0.3 is 0 Å². The van der Waals surface area contributed by atoms with E-state index in [1.165, 1.54) is 19.3 Å². The molecule has 5 heteroatoms. The number of hydrogen-bond acceptors (Lipinski definition) is 3. The van der Waals surface area contributed by atoms with Crippen LogP contribution in [-0.2, 0) is 4.79 Å². The van der Waals surface area contributed by atoms with Crippen molar-refractivity contribution < 1.29 is 4.79 Å². The average molecular weight is 315 g/mol. The molecule has 0 spiro atoms. The van der Waals surface area contributed by atoms with E-state index in [9.17, 15) is 4.79 Å². The van der Waals surface area contributed by atoms with Crippen LogP contribution in [0.15, 0.2) is 0 Å². The number of hydrogen-bond donors (Lipinski definition) is 0. The van der Waals surface area contributed by atoms with Gasteiger partial charge in [-0.2, -0.15) is 0 Å². The Morgan fingerprint density at radius 2 is 1.70 bits per heavy atom. The van der Waals surface area contributed by atoms with E-state index in [2.05, 4.69) is 18.7 Å². The lowest BCUT2D eigenvalue weighted by atomic mass is 9.92. The highest BCUT2D eigenvalue weighted by molar-refractivity contribution is 8.23. The van der Waals surface area contributed by atoms with Gasteiger partial charge in [0.1, 0.15) is 4.32 Å². The molecule has 3 nitrogen and oxygen atoms in total. The molecule has 0 aromatic heterocycles. The van der Waals surface area contributed by atoms with E-state index in [0.717, 1.165) is 30.5 Å². The first-order valence-corrected chi connectivity index (χ1v) is 9.00. The molecule has 2 saturated heterocycles. The monoisotopic (exact) mass is 314 g/mol. The minimum Gasteiger partial charge on any atom is -0.358 e. The van der Waals surface area contributed by atoms with Gasteiger partial charge < -0.3 is 9.80 Å². The number of thioether (sulfide) groups is 1. The standard InChI is InChI=1S/C15H26N2OS2/c1-11-8-12(2)10-17(9-11)14(18)13(3)20-15(19)16-6-4-5-7-16/h11-13H,4-10H2,1-3H3/t11-,12+,13-/m0/s1. The second-order valence-electron chi connectivity index (χ2n) is 6.41. The van der Waals surface area contributed by atoms with Crippen molar-refractivity contribution in [1.82, 2.24) is 9.80 Å². The van der Waals surface area contributed by atoms with Gasteiger partial charge in [-0.1, -0.05) is 37.8 Å². The Hall–Kier alpha value is -0.290. The number of nitrogens with zero attached hydrogens (tertiary/aromatic N) is 2. The number of carbonyl (C=O) groups is 1. The highest BCUT2D eigenvalue weighted by Crippen LogP contribution is 2.25. The molecule has 0 unspecified atom stereocenters. The van der Waals surface area contributed by atoms with Crippen LogP contribution in [0.1, 0.15) is 40.0 Å². The van der Waals surface area contributed by atoms with Crippen LogP contribution in [0, 0.1) is 11.8 Å². The van der Waals surface area contributed by atoms with Crippen LogP contribution in [0.4, 0.5) is 0 Å². The number of amides is 1. The summed E-state index contributed by atoms with van der Waals surface area (Å²) >= 11 is 7.04. The summed E-state index contributed by atoms with van der Waals surface area (Å²) < 4.78 is 0.904. The molecule has 2 fully saturated rings. The van der Waals surface area contributed by atoms with Gasteiger partial charge in [0.05, 0.1) is 5.25 Å². The molecule has 0 radical (unpaired) electrons. The molecular formula is C15H26N2OS2. The van der Waals surface area contributed by atoms with Crippen LogP contribution in [-0.4, -0.2) is 51.5 Å². The van der Waals surface area contributed by atoms with Crippen LogP contribution in [0.5, 0.6) is 0 Å². The van der Waals surface area contributed by atoms with E-state index in [1.54, 1.807) is 11.8 Å². The fraction of sp³-hybridized carbons (Fsp3) is 0.867.